The first kappa shape index (κ1) is 18.9. The van der Waals surface area contributed by atoms with Crippen LogP contribution in [0.4, 0.5) is 0 Å². The fourth-order valence-electron chi connectivity index (χ4n) is 3.03. The molecule has 0 atom stereocenters. The molecule has 0 aliphatic heterocycles. The molecule has 2 aromatic heterocycles. The van der Waals surface area contributed by atoms with Crippen molar-refractivity contribution in [2.45, 2.75) is 40.0 Å². The van der Waals surface area contributed by atoms with Crippen LogP contribution in [0, 0.1) is 13.8 Å². The van der Waals surface area contributed by atoms with Crippen molar-refractivity contribution in [1.29, 1.82) is 0 Å². The van der Waals surface area contributed by atoms with E-state index in [2.05, 4.69) is 69.0 Å². The fraction of sp³-hybridized carbons (Fsp3) is 0.450. The number of fused-ring (bicyclic) bond motifs is 1. The van der Waals surface area contributed by atoms with Gasteiger partial charge < -0.3 is 20.1 Å². The molecule has 3 aromatic rings. The van der Waals surface area contributed by atoms with Crippen LogP contribution in [0.25, 0.3) is 10.9 Å². The van der Waals surface area contributed by atoms with Gasteiger partial charge in [-0.05, 0) is 50.8 Å². The maximum absolute atomic E-state index is 5.12. The van der Waals surface area contributed by atoms with Crippen LogP contribution in [0.5, 0.6) is 0 Å². The van der Waals surface area contributed by atoms with E-state index < -0.39 is 0 Å². The van der Waals surface area contributed by atoms with Crippen molar-refractivity contribution in [2.24, 2.45) is 4.99 Å². The van der Waals surface area contributed by atoms with Crippen molar-refractivity contribution >= 4 is 16.9 Å². The highest BCUT2D eigenvalue weighted by Crippen LogP contribution is 2.19. The van der Waals surface area contributed by atoms with Crippen LogP contribution in [0.1, 0.15) is 36.2 Å². The summed E-state index contributed by atoms with van der Waals surface area (Å²) in [7, 11) is 0. The van der Waals surface area contributed by atoms with Gasteiger partial charge in [-0.3, -0.25) is 4.99 Å². The zero-order chi connectivity index (χ0) is 19.1. The number of rotatable bonds is 8. The Kier molecular flexibility index (Phi) is 6.46. The Morgan fingerprint density at radius 1 is 1.22 bits per heavy atom. The van der Waals surface area contributed by atoms with E-state index in [1.165, 1.54) is 22.0 Å². The lowest BCUT2D eigenvalue weighted by molar-refractivity contribution is 0.372. The molecule has 0 aliphatic rings. The molecular weight excluding hydrogens is 340 g/mol. The second kappa shape index (κ2) is 9.21. The quantitative estimate of drug-likeness (QED) is 0.323. The number of hydrogen-bond acceptors (Lipinski definition) is 4. The maximum atomic E-state index is 5.12. The standard InChI is InChI=1S/C20H28N6O/c1-4-21-20(22-10-5-6-19-25-15(3)26-27-19)23-11-9-16-13-24-18-12-14(2)7-8-17(16)18/h7-8,12-13,24H,4-6,9-11H2,1-3H3,(H2,21,22,23). The van der Waals surface area contributed by atoms with E-state index in [-0.39, 0.29) is 0 Å². The van der Waals surface area contributed by atoms with Gasteiger partial charge in [-0.15, -0.1) is 0 Å². The minimum absolute atomic E-state index is 0.676. The molecule has 27 heavy (non-hydrogen) atoms. The number of aromatic nitrogens is 3. The summed E-state index contributed by atoms with van der Waals surface area (Å²) < 4.78 is 5.12. The molecule has 0 spiro atoms. The second-order valence-electron chi connectivity index (χ2n) is 6.64. The first-order valence-corrected chi connectivity index (χ1v) is 9.53. The van der Waals surface area contributed by atoms with Gasteiger partial charge in [0.25, 0.3) is 0 Å². The SMILES string of the molecule is CCNC(=NCCCc1nc(C)no1)NCCc1c[nH]c2cc(C)ccc12. The van der Waals surface area contributed by atoms with E-state index in [0.717, 1.165) is 38.3 Å². The molecule has 0 aliphatic carbocycles. The van der Waals surface area contributed by atoms with Gasteiger partial charge in [-0.1, -0.05) is 17.3 Å². The molecule has 2 heterocycles. The molecule has 0 amide bonds. The van der Waals surface area contributed by atoms with Gasteiger partial charge in [-0.2, -0.15) is 4.98 Å². The maximum Gasteiger partial charge on any atom is 0.226 e. The van der Waals surface area contributed by atoms with Crippen LogP contribution < -0.4 is 10.6 Å². The van der Waals surface area contributed by atoms with Crippen molar-refractivity contribution in [2.75, 3.05) is 19.6 Å². The van der Waals surface area contributed by atoms with Gasteiger partial charge in [0, 0.05) is 43.2 Å². The van der Waals surface area contributed by atoms with E-state index in [1.807, 2.05) is 6.92 Å². The van der Waals surface area contributed by atoms with Gasteiger partial charge in [-0.25, -0.2) is 0 Å². The Balaban J connectivity index is 1.48. The van der Waals surface area contributed by atoms with Gasteiger partial charge in [0.15, 0.2) is 11.8 Å². The van der Waals surface area contributed by atoms with Crippen LogP contribution in [-0.4, -0.2) is 40.7 Å². The third kappa shape index (κ3) is 5.32. The van der Waals surface area contributed by atoms with Crippen molar-refractivity contribution in [3.05, 3.63) is 47.2 Å². The Morgan fingerprint density at radius 3 is 2.89 bits per heavy atom. The molecule has 0 radical (unpaired) electrons. The molecule has 7 heteroatoms. The third-order valence-electron chi connectivity index (χ3n) is 4.34. The first-order valence-electron chi connectivity index (χ1n) is 9.53. The zero-order valence-electron chi connectivity index (χ0n) is 16.3. The lowest BCUT2D eigenvalue weighted by Gasteiger charge is -2.11. The number of hydrogen-bond donors (Lipinski definition) is 3. The summed E-state index contributed by atoms with van der Waals surface area (Å²) in [6.45, 7) is 8.38. The summed E-state index contributed by atoms with van der Waals surface area (Å²) in [4.78, 5) is 12.2. The molecular formula is C20H28N6O. The Bertz CT molecular complexity index is 895. The van der Waals surface area contributed by atoms with Gasteiger partial charge in [0.05, 0.1) is 0 Å². The zero-order valence-corrected chi connectivity index (χ0v) is 16.3. The third-order valence-corrected chi connectivity index (χ3v) is 4.34. The normalized spacial score (nSPS) is 11.9. The first-order chi connectivity index (χ1) is 13.2. The lowest BCUT2D eigenvalue weighted by atomic mass is 10.1. The topological polar surface area (TPSA) is 91.1 Å². The predicted octanol–water partition coefficient (Wildman–Crippen LogP) is 2.90. The largest absolute Gasteiger partial charge is 0.361 e. The molecule has 3 N–H and O–H groups in total. The van der Waals surface area contributed by atoms with Crippen molar-refractivity contribution in [1.82, 2.24) is 25.8 Å². The molecule has 144 valence electrons. The average Bonchev–Trinajstić information content (AvgIpc) is 3.24. The van der Waals surface area contributed by atoms with E-state index >= 15 is 0 Å². The molecule has 0 saturated heterocycles. The van der Waals surface area contributed by atoms with Crippen LogP contribution in [-0.2, 0) is 12.8 Å². The van der Waals surface area contributed by atoms with Crippen LogP contribution in [0.2, 0.25) is 0 Å². The Hall–Kier alpha value is -2.83. The summed E-state index contributed by atoms with van der Waals surface area (Å²) in [6, 6.07) is 6.53. The molecule has 7 nitrogen and oxygen atoms in total. The minimum atomic E-state index is 0.676. The Labute approximate surface area is 159 Å². The highest BCUT2D eigenvalue weighted by Gasteiger charge is 2.05. The average molecular weight is 368 g/mol. The number of H-pyrrole nitrogens is 1. The fourth-order valence-corrected chi connectivity index (χ4v) is 3.03. The molecule has 0 bridgehead atoms. The lowest BCUT2D eigenvalue weighted by Crippen LogP contribution is -2.38. The molecule has 1 aromatic carbocycles. The number of aromatic amines is 1. The van der Waals surface area contributed by atoms with Gasteiger partial charge >= 0.3 is 0 Å². The number of guanidine groups is 1. The summed E-state index contributed by atoms with van der Waals surface area (Å²) >= 11 is 0. The van der Waals surface area contributed by atoms with Crippen LogP contribution >= 0.6 is 0 Å². The van der Waals surface area contributed by atoms with Crippen molar-refractivity contribution in [3.63, 3.8) is 0 Å². The summed E-state index contributed by atoms with van der Waals surface area (Å²) in [5.41, 5.74) is 3.79. The van der Waals surface area contributed by atoms with Crippen molar-refractivity contribution in [3.8, 4) is 0 Å². The molecule has 0 saturated carbocycles. The van der Waals surface area contributed by atoms with E-state index in [1.54, 1.807) is 0 Å². The van der Waals surface area contributed by atoms with Crippen LogP contribution in [0.3, 0.4) is 0 Å². The van der Waals surface area contributed by atoms with Crippen molar-refractivity contribution < 1.29 is 4.52 Å². The van der Waals surface area contributed by atoms with Gasteiger partial charge in [0.2, 0.25) is 5.89 Å². The molecule has 0 unspecified atom stereocenters. The highest BCUT2D eigenvalue weighted by atomic mass is 16.5. The molecule has 0 fully saturated rings. The smallest absolute Gasteiger partial charge is 0.226 e. The van der Waals surface area contributed by atoms with E-state index in [9.17, 15) is 0 Å². The highest BCUT2D eigenvalue weighted by molar-refractivity contribution is 5.84. The predicted molar refractivity (Wildman–Crippen MR) is 108 cm³/mol. The van der Waals surface area contributed by atoms with E-state index in [4.69, 9.17) is 4.52 Å². The number of aryl methyl sites for hydroxylation is 3. The summed E-state index contributed by atoms with van der Waals surface area (Å²) in [5.74, 6) is 2.20. The van der Waals surface area contributed by atoms with Gasteiger partial charge in [0.1, 0.15) is 0 Å². The molecule has 3 rings (SSSR count). The number of nitrogens with one attached hydrogen (secondary N) is 3. The summed E-state index contributed by atoms with van der Waals surface area (Å²) in [5, 5.41) is 11.8. The minimum Gasteiger partial charge on any atom is -0.361 e. The second-order valence-corrected chi connectivity index (χ2v) is 6.64. The van der Waals surface area contributed by atoms with E-state index in [0.29, 0.717) is 18.3 Å². The number of benzene rings is 1. The van der Waals surface area contributed by atoms with Crippen LogP contribution in [0.15, 0.2) is 33.9 Å². The number of nitrogens with zero attached hydrogens (tertiary/aromatic N) is 3. The Morgan fingerprint density at radius 2 is 2.11 bits per heavy atom. The summed E-state index contributed by atoms with van der Waals surface area (Å²) in [6.07, 6.45) is 4.66. The monoisotopic (exact) mass is 368 g/mol. The number of aliphatic imine (C=N–C) groups is 1.